The quantitative estimate of drug-likeness (QED) is 0.918. The van der Waals surface area contributed by atoms with Crippen molar-refractivity contribution in [1.29, 1.82) is 0 Å². The Hall–Kier alpha value is -2.70. The number of carboxylic acids is 1. The van der Waals surface area contributed by atoms with Crippen LogP contribution in [-0.4, -0.2) is 50.0 Å². The maximum Gasteiger partial charge on any atom is 0.358 e. The van der Waals surface area contributed by atoms with Crippen LogP contribution >= 0.6 is 0 Å². The summed E-state index contributed by atoms with van der Waals surface area (Å²) in [7, 11) is 0. The van der Waals surface area contributed by atoms with Gasteiger partial charge in [-0.3, -0.25) is 4.79 Å². The van der Waals surface area contributed by atoms with E-state index in [2.05, 4.69) is 10.3 Å². The Balaban J connectivity index is 1.94. The molecule has 2 heterocycles. The second kappa shape index (κ2) is 5.97. The van der Waals surface area contributed by atoms with Crippen LogP contribution in [0.15, 0.2) is 30.3 Å². The molecular formula is C15H16N4O3. The van der Waals surface area contributed by atoms with E-state index in [9.17, 15) is 14.7 Å². The van der Waals surface area contributed by atoms with Gasteiger partial charge in [-0.15, -0.1) is 5.10 Å². The second-order valence-corrected chi connectivity index (χ2v) is 5.20. The van der Waals surface area contributed by atoms with E-state index in [0.717, 1.165) is 25.9 Å². The molecular weight excluding hydrogens is 284 g/mol. The van der Waals surface area contributed by atoms with Gasteiger partial charge in [0.2, 0.25) is 5.91 Å². The number of nitrogens with zero attached hydrogens (tertiary/aromatic N) is 4. The molecule has 0 saturated carbocycles. The standard InChI is InChI=1S/C15H16N4O3/c20-12(18-8-4-5-9-18)10-19-14(11-6-2-1-3-7-11)13(15(21)22)16-17-19/h1-3,6-7H,4-5,8-10H2,(H,21,22). The molecule has 0 aliphatic carbocycles. The Labute approximate surface area is 127 Å². The molecule has 0 unspecified atom stereocenters. The minimum Gasteiger partial charge on any atom is -0.476 e. The summed E-state index contributed by atoms with van der Waals surface area (Å²) in [5, 5.41) is 16.9. The number of amides is 1. The summed E-state index contributed by atoms with van der Waals surface area (Å²) in [4.78, 5) is 25.4. The number of aromatic nitrogens is 3. The van der Waals surface area contributed by atoms with Gasteiger partial charge >= 0.3 is 5.97 Å². The Kier molecular flexibility index (Phi) is 3.86. The van der Waals surface area contributed by atoms with Crippen LogP contribution in [0.25, 0.3) is 11.3 Å². The number of carbonyl (C=O) groups is 2. The van der Waals surface area contributed by atoms with Crippen molar-refractivity contribution < 1.29 is 14.7 Å². The van der Waals surface area contributed by atoms with Crippen molar-refractivity contribution in [3.63, 3.8) is 0 Å². The molecule has 0 radical (unpaired) electrons. The summed E-state index contributed by atoms with van der Waals surface area (Å²) < 4.78 is 1.37. The van der Waals surface area contributed by atoms with E-state index in [4.69, 9.17) is 0 Å². The average molecular weight is 300 g/mol. The van der Waals surface area contributed by atoms with Crippen LogP contribution in [0.4, 0.5) is 0 Å². The fraction of sp³-hybridized carbons (Fsp3) is 0.333. The van der Waals surface area contributed by atoms with Crippen molar-refractivity contribution in [3.05, 3.63) is 36.0 Å². The van der Waals surface area contributed by atoms with Gasteiger partial charge in [0.1, 0.15) is 12.2 Å². The van der Waals surface area contributed by atoms with Crippen molar-refractivity contribution in [1.82, 2.24) is 19.9 Å². The maximum atomic E-state index is 12.3. The third-order valence-corrected chi connectivity index (χ3v) is 3.73. The lowest BCUT2D eigenvalue weighted by Gasteiger charge is -2.15. The Bertz CT molecular complexity index is 690. The first-order valence-corrected chi connectivity index (χ1v) is 7.17. The molecule has 0 bridgehead atoms. The molecule has 1 aromatic carbocycles. The first-order valence-electron chi connectivity index (χ1n) is 7.17. The summed E-state index contributed by atoms with van der Waals surface area (Å²) in [6.45, 7) is 1.50. The molecule has 0 spiro atoms. The SMILES string of the molecule is O=C(O)c1nnn(CC(=O)N2CCCC2)c1-c1ccccc1. The fourth-order valence-corrected chi connectivity index (χ4v) is 2.64. The van der Waals surface area contributed by atoms with Gasteiger partial charge in [-0.1, -0.05) is 35.5 Å². The number of hydrogen-bond donors (Lipinski definition) is 1. The number of benzene rings is 1. The third-order valence-electron chi connectivity index (χ3n) is 3.73. The lowest BCUT2D eigenvalue weighted by molar-refractivity contribution is -0.130. The summed E-state index contributed by atoms with van der Waals surface area (Å²) in [5.74, 6) is -1.21. The Morgan fingerprint density at radius 3 is 2.45 bits per heavy atom. The van der Waals surface area contributed by atoms with Gasteiger partial charge in [0.05, 0.1) is 0 Å². The number of aromatic carboxylic acids is 1. The van der Waals surface area contributed by atoms with Crippen molar-refractivity contribution in [3.8, 4) is 11.3 Å². The predicted octanol–water partition coefficient (Wildman–Crippen LogP) is 1.27. The van der Waals surface area contributed by atoms with E-state index in [-0.39, 0.29) is 18.1 Å². The first-order chi connectivity index (χ1) is 10.7. The van der Waals surface area contributed by atoms with Gasteiger partial charge in [-0.2, -0.15) is 0 Å². The van der Waals surface area contributed by atoms with E-state index in [1.165, 1.54) is 4.68 Å². The highest BCUT2D eigenvalue weighted by Crippen LogP contribution is 2.22. The van der Waals surface area contributed by atoms with Gasteiger partial charge < -0.3 is 10.0 Å². The van der Waals surface area contributed by atoms with Gasteiger partial charge in [-0.25, -0.2) is 9.48 Å². The molecule has 7 nitrogen and oxygen atoms in total. The average Bonchev–Trinajstić information content (AvgIpc) is 3.17. The zero-order valence-electron chi connectivity index (χ0n) is 12.0. The Morgan fingerprint density at radius 1 is 1.14 bits per heavy atom. The molecule has 2 aromatic rings. The molecule has 114 valence electrons. The predicted molar refractivity (Wildman–Crippen MR) is 78.2 cm³/mol. The van der Waals surface area contributed by atoms with Crippen LogP contribution < -0.4 is 0 Å². The van der Waals surface area contributed by atoms with Crippen LogP contribution in [0.2, 0.25) is 0 Å². The van der Waals surface area contributed by atoms with Crippen LogP contribution in [0.3, 0.4) is 0 Å². The smallest absolute Gasteiger partial charge is 0.358 e. The topological polar surface area (TPSA) is 88.3 Å². The summed E-state index contributed by atoms with van der Waals surface area (Å²) >= 11 is 0. The van der Waals surface area contributed by atoms with Crippen LogP contribution in [0.5, 0.6) is 0 Å². The van der Waals surface area contributed by atoms with E-state index in [1.54, 1.807) is 29.2 Å². The minimum atomic E-state index is -1.15. The highest BCUT2D eigenvalue weighted by atomic mass is 16.4. The number of likely N-dealkylation sites (tertiary alicyclic amines) is 1. The van der Waals surface area contributed by atoms with Crippen molar-refractivity contribution in [2.75, 3.05) is 13.1 Å². The summed E-state index contributed by atoms with van der Waals surface area (Å²) in [6, 6.07) is 9.01. The molecule has 1 aliphatic heterocycles. The zero-order valence-corrected chi connectivity index (χ0v) is 12.0. The lowest BCUT2D eigenvalue weighted by atomic mass is 10.1. The number of hydrogen-bond acceptors (Lipinski definition) is 4. The van der Waals surface area contributed by atoms with Crippen molar-refractivity contribution in [2.45, 2.75) is 19.4 Å². The largest absolute Gasteiger partial charge is 0.476 e. The molecule has 1 fully saturated rings. The van der Waals surface area contributed by atoms with Gasteiger partial charge in [0.15, 0.2) is 5.69 Å². The van der Waals surface area contributed by atoms with Crippen molar-refractivity contribution in [2.24, 2.45) is 0 Å². The summed E-state index contributed by atoms with van der Waals surface area (Å²) in [5.41, 5.74) is 0.903. The normalized spacial score (nSPS) is 14.3. The second-order valence-electron chi connectivity index (χ2n) is 5.20. The van der Waals surface area contributed by atoms with Gasteiger partial charge in [-0.05, 0) is 12.8 Å². The lowest BCUT2D eigenvalue weighted by Crippen LogP contribution is -2.31. The number of carboxylic acid groups (broad SMARTS) is 1. The molecule has 7 heteroatoms. The monoisotopic (exact) mass is 300 g/mol. The molecule has 22 heavy (non-hydrogen) atoms. The van der Waals surface area contributed by atoms with Crippen LogP contribution in [-0.2, 0) is 11.3 Å². The molecule has 0 atom stereocenters. The molecule has 1 aromatic heterocycles. The Morgan fingerprint density at radius 2 is 1.82 bits per heavy atom. The highest BCUT2D eigenvalue weighted by molar-refractivity contribution is 5.93. The minimum absolute atomic E-state index is 0.00447. The molecule has 3 rings (SSSR count). The van der Waals surface area contributed by atoms with E-state index >= 15 is 0 Å². The van der Waals surface area contributed by atoms with E-state index in [0.29, 0.717) is 11.3 Å². The van der Waals surface area contributed by atoms with Crippen LogP contribution in [0, 0.1) is 0 Å². The highest BCUT2D eigenvalue weighted by Gasteiger charge is 2.24. The molecule has 1 saturated heterocycles. The first kappa shape index (κ1) is 14.2. The number of rotatable bonds is 4. The molecule has 1 amide bonds. The third kappa shape index (κ3) is 2.69. The van der Waals surface area contributed by atoms with Crippen molar-refractivity contribution >= 4 is 11.9 Å². The maximum absolute atomic E-state index is 12.3. The molecule has 1 N–H and O–H groups in total. The fourth-order valence-electron chi connectivity index (χ4n) is 2.64. The van der Waals surface area contributed by atoms with E-state index in [1.807, 2.05) is 6.07 Å². The van der Waals surface area contributed by atoms with E-state index < -0.39 is 5.97 Å². The zero-order chi connectivity index (χ0) is 15.5. The van der Waals surface area contributed by atoms with Gasteiger partial charge in [0, 0.05) is 18.7 Å². The number of carbonyl (C=O) groups excluding carboxylic acids is 1. The van der Waals surface area contributed by atoms with Gasteiger partial charge in [0.25, 0.3) is 0 Å². The molecule has 1 aliphatic rings. The summed E-state index contributed by atoms with van der Waals surface area (Å²) in [6.07, 6.45) is 2.02. The van der Waals surface area contributed by atoms with Crippen LogP contribution in [0.1, 0.15) is 23.3 Å².